The van der Waals surface area contributed by atoms with Gasteiger partial charge in [-0.15, -0.1) is 11.3 Å². The lowest BCUT2D eigenvalue weighted by molar-refractivity contribution is -0.143. The number of rotatable bonds is 3. The summed E-state index contributed by atoms with van der Waals surface area (Å²) in [7, 11) is 0. The van der Waals surface area contributed by atoms with Crippen LogP contribution in [0.2, 0.25) is 4.34 Å². The zero-order valence-electron chi connectivity index (χ0n) is 11.6. The minimum absolute atomic E-state index is 0.132. The summed E-state index contributed by atoms with van der Waals surface area (Å²) >= 11 is 7.55. The molecule has 0 bridgehead atoms. The van der Waals surface area contributed by atoms with E-state index in [-0.39, 0.29) is 12.1 Å². The number of carboxylic acid groups (broad SMARTS) is 1. The Hall–Kier alpha value is -0.580. The van der Waals surface area contributed by atoms with Gasteiger partial charge >= 0.3 is 5.97 Å². The molecule has 5 heteroatoms. The summed E-state index contributed by atoms with van der Waals surface area (Å²) < 4.78 is 0.776. The van der Waals surface area contributed by atoms with Gasteiger partial charge in [-0.1, -0.05) is 24.4 Å². The minimum atomic E-state index is -0.674. The van der Waals surface area contributed by atoms with Gasteiger partial charge in [-0.25, -0.2) is 0 Å². The standard InChI is InChI=1S/C15H20ClNO2S/c1-9(11-7-14(16)20-8-11)17-12-5-3-2-4-10(12)6-13(17)15(18)19/h7-10,12-13H,2-6H2,1H3,(H,18,19). The molecule has 3 rings (SSSR count). The number of halogens is 1. The van der Waals surface area contributed by atoms with Crippen molar-refractivity contribution in [1.29, 1.82) is 0 Å². The van der Waals surface area contributed by atoms with Gasteiger partial charge in [0.2, 0.25) is 0 Å². The predicted octanol–water partition coefficient (Wildman–Crippen LogP) is 4.18. The van der Waals surface area contributed by atoms with Crippen molar-refractivity contribution in [1.82, 2.24) is 4.90 Å². The Bertz CT molecular complexity index is 504. The number of fused-ring (bicyclic) bond motifs is 1. The van der Waals surface area contributed by atoms with Crippen molar-refractivity contribution in [2.24, 2.45) is 5.92 Å². The highest BCUT2D eigenvalue weighted by atomic mass is 35.5. The van der Waals surface area contributed by atoms with Crippen LogP contribution in [0.5, 0.6) is 0 Å². The molecule has 1 aromatic heterocycles. The van der Waals surface area contributed by atoms with Gasteiger partial charge in [0.15, 0.2) is 0 Å². The van der Waals surface area contributed by atoms with E-state index >= 15 is 0 Å². The molecule has 4 atom stereocenters. The molecule has 3 nitrogen and oxygen atoms in total. The Kier molecular flexibility index (Phi) is 4.07. The van der Waals surface area contributed by atoms with Gasteiger partial charge in [0.05, 0.1) is 4.34 Å². The average molecular weight is 314 g/mol. The molecule has 4 unspecified atom stereocenters. The number of hydrogen-bond donors (Lipinski definition) is 1. The summed E-state index contributed by atoms with van der Waals surface area (Å²) in [6.45, 7) is 2.12. The molecular formula is C15H20ClNO2S. The van der Waals surface area contributed by atoms with Crippen LogP contribution in [0.25, 0.3) is 0 Å². The van der Waals surface area contributed by atoms with Crippen LogP contribution in [-0.2, 0) is 4.79 Å². The van der Waals surface area contributed by atoms with Gasteiger partial charge in [0.1, 0.15) is 6.04 Å². The molecule has 0 spiro atoms. The summed E-state index contributed by atoms with van der Waals surface area (Å²) in [5.41, 5.74) is 1.15. The monoisotopic (exact) mass is 313 g/mol. The van der Waals surface area contributed by atoms with Gasteiger partial charge in [-0.05, 0) is 49.1 Å². The van der Waals surface area contributed by atoms with Crippen LogP contribution in [0.3, 0.4) is 0 Å². The molecule has 20 heavy (non-hydrogen) atoms. The van der Waals surface area contributed by atoms with E-state index in [0.29, 0.717) is 12.0 Å². The number of carbonyl (C=O) groups is 1. The van der Waals surface area contributed by atoms with Crippen molar-refractivity contribution in [3.8, 4) is 0 Å². The van der Waals surface area contributed by atoms with E-state index in [9.17, 15) is 9.90 Å². The smallest absolute Gasteiger partial charge is 0.320 e. The van der Waals surface area contributed by atoms with E-state index in [1.54, 1.807) is 0 Å². The molecule has 2 fully saturated rings. The highest BCUT2D eigenvalue weighted by Crippen LogP contribution is 2.44. The van der Waals surface area contributed by atoms with Crippen LogP contribution < -0.4 is 0 Å². The third-order valence-corrected chi connectivity index (χ3v) is 6.05. The molecule has 2 heterocycles. The maximum absolute atomic E-state index is 11.6. The number of thiophene rings is 1. The maximum atomic E-state index is 11.6. The van der Waals surface area contributed by atoms with Gasteiger partial charge in [-0.2, -0.15) is 0 Å². The third-order valence-electron chi connectivity index (χ3n) is 4.94. The topological polar surface area (TPSA) is 40.5 Å². The zero-order chi connectivity index (χ0) is 14.3. The first-order chi connectivity index (χ1) is 9.58. The quantitative estimate of drug-likeness (QED) is 0.910. The van der Waals surface area contributed by atoms with Crippen molar-refractivity contribution >= 4 is 28.9 Å². The van der Waals surface area contributed by atoms with E-state index in [1.165, 1.54) is 30.6 Å². The van der Waals surface area contributed by atoms with Crippen molar-refractivity contribution in [3.05, 3.63) is 21.3 Å². The Labute approximate surface area is 128 Å². The maximum Gasteiger partial charge on any atom is 0.320 e. The molecule has 110 valence electrons. The Morgan fingerprint density at radius 1 is 1.50 bits per heavy atom. The molecule has 0 amide bonds. The summed E-state index contributed by atoms with van der Waals surface area (Å²) in [5, 5.41) is 11.6. The van der Waals surface area contributed by atoms with Crippen molar-refractivity contribution in [3.63, 3.8) is 0 Å². The van der Waals surface area contributed by atoms with E-state index < -0.39 is 5.97 Å². The Morgan fingerprint density at radius 2 is 2.25 bits per heavy atom. The van der Waals surface area contributed by atoms with Crippen LogP contribution in [0, 0.1) is 5.92 Å². The fourth-order valence-electron chi connectivity index (χ4n) is 4.00. The second-order valence-electron chi connectivity index (χ2n) is 6.01. The largest absolute Gasteiger partial charge is 0.480 e. The zero-order valence-corrected chi connectivity index (χ0v) is 13.2. The van der Waals surface area contributed by atoms with Crippen LogP contribution in [0.4, 0.5) is 0 Å². The van der Waals surface area contributed by atoms with Crippen LogP contribution >= 0.6 is 22.9 Å². The fraction of sp³-hybridized carbons (Fsp3) is 0.667. The SMILES string of the molecule is CC(c1csc(Cl)c1)N1C(C(=O)O)CC2CCCCC21. The Morgan fingerprint density at radius 3 is 2.90 bits per heavy atom. The van der Waals surface area contributed by atoms with Crippen molar-refractivity contribution < 1.29 is 9.90 Å². The van der Waals surface area contributed by atoms with Crippen LogP contribution in [-0.4, -0.2) is 28.1 Å². The second kappa shape index (κ2) is 5.66. The number of hydrogen-bond acceptors (Lipinski definition) is 3. The predicted molar refractivity (Wildman–Crippen MR) is 81.4 cm³/mol. The molecule has 0 radical (unpaired) electrons. The first-order valence-electron chi connectivity index (χ1n) is 7.32. The minimum Gasteiger partial charge on any atom is -0.480 e. The molecule has 2 aliphatic rings. The summed E-state index contributed by atoms with van der Waals surface area (Å²) in [6, 6.07) is 2.20. The molecule has 1 aliphatic heterocycles. The summed E-state index contributed by atoms with van der Waals surface area (Å²) in [4.78, 5) is 13.9. The van der Waals surface area contributed by atoms with Crippen molar-refractivity contribution in [2.45, 2.75) is 57.2 Å². The molecule has 1 aromatic rings. The first kappa shape index (κ1) is 14.4. The molecule has 1 saturated heterocycles. The summed E-state index contributed by atoms with van der Waals surface area (Å²) in [6.07, 6.45) is 5.60. The van der Waals surface area contributed by atoms with E-state index in [1.807, 2.05) is 6.07 Å². The number of likely N-dealkylation sites (tertiary alicyclic amines) is 1. The first-order valence-corrected chi connectivity index (χ1v) is 8.58. The van der Waals surface area contributed by atoms with E-state index in [2.05, 4.69) is 17.2 Å². The lowest BCUT2D eigenvalue weighted by atomic mass is 9.84. The highest BCUT2D eigenvalue weighted by Gasteiger charge is 2.47. The normalized spacial score (nSPS) is 32.0. The second-order valence-corrected chi connectivity index (χ2v) is 7.55. The van der Waals surface area contributed by atoms with Gasteiger partial charge in [0, 0.05) is 12.1 Å². The van der Waals surface area contributed by atoms with Crippen LogP contribution in [0.1, 0.15) is 50.6 Å². The number of nitrogens with zero attached hydrogens (tertiary/aromatic N) is 1. The molecule has 0 aromatic carbocycles. The van der Waals surface area contributed by atoms with Gasteiger partial charge in [0.25, 0.3) is 0 Å². The fourth-order valence-corrected chi connectivity index (χ4v) is 4.97. The molecular weight excluding hydrogens is 294 g/mol. The lowest BCUT2D eigenvalue weighted by Gasteiger charge is -2.37. The molecule has 1 saturated carbocycles. The highest BCUT2D eigenvalue weighted by molar-refractivity contribution is 7.14. The van der Waals surface area contributed by atoms with Crippen LogP contribution in [0.15, 0.2) is 11.4 Å². The van der Waals surface area contributed by atoms with E-state index in [4.69, 9.17) is 11.6 Å². The van der Waals surface area contributed by atoms with Gasteiger partial charge in [-0.3, -0.25) is 9.69 Å². The lowest BCUT2D eigenvalue weighted by Crippen LogP contribution is -2.43. The number of aliphatic carboxylic acids is 1. The van der Waals surface area contributed by atoms with Crippen molar-refractivity contribution in [2.75, 3.05) is 0 Å². The summed E-state index contributed by atoms with van der Waals surface area (Å²) in [5.74, 6) is -0.117. The van der Waals surface area contributed by atoms with Gasteiger partial charge < -0.3 is 5.11 Å². The average Bonchev–Trinajstić information content (AvgIpc) is 3.01. The third kappa shape index (κ3) is 2.49. The number of carboxylic acids is 1. The Balaban J connectivity index is 1.88. The van der Waals surface area contributed by atoms with E-state index in [0.717, 1.165) is 22.7 Å². The molecule has 1 aliphatic carbocycles. The molecule has 1 N–H and O–H groups in total.